The summed E-state index contributed by atoms with van der Waals surface area (Å²) >= 11 is 0. The smallest absolute Gasteiger partial charge is 0.120 e. The van der Waals surface area contributed by atoms with Crippen molar-refractivity contribution in [3.63, 3.8) is 0 Å². The Balaban J connectivity index is 1.93. The van der Waals surface area contributed by atoms with Gasteiger partial charge in [-0.25, -0.2) is 0 Å². The van der Waals surface area contributed by atoms with Crippen LogP contribution in [0.1, 0.15) is 5.56 Å². The van der Waals surface area contributed by atoms with Gasteiger partial charge in [-0.1, -0.05) is 48.5 Å². The molecule has 1 aliphatic rings. The number of hydrogen-bond donors (Lipinski definition) is 0. The molecular weight excluding hydrogens is 222 g/mol. The molecule has 0 saturated carbocycles. The second-order valence-corrected chi connectivity index (χ2v) is 4.02. The third-order valence-electron chi connectivity index (χ3n) is 2.80. The Bertz CT molecular complexity index is 573. The molecule has 2 aromatic rings. The van der Waals surface area contributed by atoms with E-state index in [1.807, 2.05) is 60.8 Å². The first-order valence-electron chi connectivity index (χ1n) is 5.88. The molecule has 0 fully saturated rings. The molecule has 2 heteroatoms. The highest BCUT2D eigenvalue weighted by Gasteiger charge is 2.09. The minimum atomic E-state index is 1.01. The Hall–Kier alpha value is -2.48. The molecule has 0 aliphatic carbocycles. The van der Waals surface area contributed by atoms with E-state index in [9.17, 15) is 0 Å². The van der Waals surface area contributed by atoms with E-state index in [4.69, 9.17) is 4.84 Å². The van der Waals surface area contributed by atoms with Crippen LogP contribution in [-0.2, 0) is 4.84 Å². The highest BCUT2D eigenvalue weighted by molar-refractivity contribution is 5.76. The zero-order valence-electron chi connectivity index (χ0n) is 9.86. The molecule has 2 nitrogen and oxygen atoms in total. The third-order valence-corrected chi connectivity index (χ3v) is 2.80. The molecule has 0 aromatic heterocycles. The Morgan fingerprint density at radius 3 is 2.17 bits per heavy atom. The highest BCUT2D eigenvalue weighted by atomic mass is 16.7. The lowest BCUT2D eigenvalue weighted by Gasteiger charge is -2.22. The molecular formula is C16H13NO. The van der Waals surface area contributed by atoms with Crippen LogP contribution in [0.4, 0.5) is 5.69 Å². The number of rotatable bonds is 2. The summed E-state index contributed by atoms with van der Waals surface area (Å²) in [6.45, 7) is 0. The van der Waals surface area contributed by atoms with Crippen molar-refractivity contribution in [2.24, 2.45) is 0 Å². The summed E-state index contributed by atoms with van der Waals surface area (Å²) in [5.74, 6) is 0. The van der Waals surface area contributed by atoms with E-state index in [1.54, 1.807) is 11.3 Å². The first-order valence-corrected chi connectivity index (χ1v) is 5.88. The van der Waals surface area contributed by atoms with E-state index >= 15 is 0 Å². The molecule has 2 aromatic carbocycles. The largest absolute Gasteiger partial charge is 0.383 e. The number of hydrogen-bond acceptors (Lipinski definition) is 2. The molecule has 18 heavy (non-hydrogen) atoms. The summed E-state index contributed by atoms with van der Waals surface area (Å²) in [6, 6.07) is 20.3. The standard InChI is InChI=1S/C16H13NO/c1-3-7-14(8-4-1)15-11-12-18-17(13-15)16-9-5-2-6-10-16/h1-13H. The van der Waals surface area contributed by atoms with Gasteiger partial charge in [-0.05, 0) is 23.8 Å². The fourth-order valence-corrected chi connectivity index (χ4v) is 1.88. The van der Waals surface area contributed by atoms with Crippen LogP contribution < -0.4 is 5.06 Å². The van der Waals surface area contributed by atoms with Crippen molar-refractivity contribution >= 4 is 11.3 Å². The van der Waals surface area contributed by atoms with Gasteiger partial charge in [-0.3, -0.25) is 0 Å². The first kappa shape index (κ1) is 10.7. The van der Waals surface area contributed by atoms with Crippen molar-refractivity contribution in [2.45, 2.75) is 0 Å². The van der Waals surface area contributed by atoms with Crippen LogP contribution in [0.2, 0.25) is 0 Å². The molecule has 0 radical (unpaired) electrons. The summed E-state index contributed by atoms with van der Waals surface area (Å²) in [4.78, 5) is 5.49. The van der Waals surface area contributed by atoms with Gasteiger partial charge in [0, 0.05) is 5.57 Å². The van der Waals surface area contributed by atoms with Gasteiger partial charge in [0.25, 0.3) is 0 Å². The molecule has 0 amide bonds. The van der Waals surface area contributed by atoms with Gasteiger partial charge in [0.2, 0.25) is 0 Å². The topological polar surface area (TPSA) is 12.5 Å². The maximum absolute atomic E-state index is 5.49. The lowest BCUT2D eigenvalue weighted by atomic mass is 10.1. The second kappa shape index (κ2) is 4.80. The van der Waals surface area contributed by atoms with Gasteiger partial charge >= 0.3 is 0 Å². The average Bonchev–Trinajstić information content (AvgIpc) is 2.49. The van der Waals surface area contributed by atoms with Gasteiger partial charge in [0.05, 0.1) is 11.9 Å². The maximum atomic E-state index is 5.49. The molecule has 3 rings (SSSR count). The van der Waals surface area contributed by atoms with Crippen molar-refractivity contribution in [2.75, 3.05) is 5.06 Å². The average molecular weight is 235 g/mol. The molecule has 0 N–H and O–H groups in total. The van der Waals surface area contributed by atoms with Crippen LogP contribution in [0.5, 0.6) is 0 Å². The highest BCUT2D eigenvalue weighted by Crippen LogP contribution is 2.24. The maximum Gasteiger partial charge on any atom is 0.120 e. The second-order valence-electron chi connectivity index (χ2n) is 4.02. The number of benzene rings is 2. The summed E-state index contributed by atoms with van der Waals surface area (Å²) in [5.41, 5.74) is 3.32. The van der Waals surface area contributed by atoms with Gasteiger partial charge < -0.3 is 4.84 Å². The van der Waals surface area contributed by atoms with Crippen molar-refractivity contribution in [1.29, 1.82) is 0 Å². The van der Waals surface area contributed by atoms with Gasteiger partial charge in [-0.15, -0.1) is 0 Å². The molecule has 1 aliphatic heterocycles. The van der Waals surface area contributed by atoms with E-state index in [2.05, 4.69) is 12.1 Å². The Morgan fingerprint density at radius 2 is 1.44 bits per heavy atom. The van der Waals surface area contributed by atoms with Gasteiger partial charge in [0.1, 0.15) is 6.26 Å². The predicted molar refractivity (Wildman–Crippen MR) is 73.6 cm³/mol. The van der Waals surface area contributed by atoms with E-state index in [0.29, 0.717) is 0 Å². The van der Waals surface area contributed by atoms with Gasteiger partial charge in [-0.2, -0.15) is 5.06 Å². The Labute approximate surface area is 106 Å². The first-order chi connectivity index (χ1) is 8.93. The number of hydroxylamine groups is 1. The molecule has 0 bridgehead atoms. The monoisotopic (exact) mass is 235 g/mol. The summed E-state index contributed by atoms with van der Waals surface area (Å²) in [5, 5.41) is 1.77. The Kier molecular flexibility index (Phi) is 2.84. The lowest BCUT2D eigenvalue weighted by molar-refractivity contribution is 0.247. The van der Waals surface area contributed by atoms with Crippen LogP contribution in [0.25, 0.3) is 5.57 Å². The molecule has 0 atom stereocenters. The van der Waals surface area contributed by atoms with E-state index in [-0.39, 0.29) is 0 Å². The van der Waals surface area contributed by atoms with Crippen LogP contribution in [-0.4, -0.2) is 0 Å². The zero-order chi connectivity index (χ0) is 12.2. The molecule has 0 spiro atoms. The van der Waals surface area contributed by atoms with Gasteiger partial charge in [0.15, 0.2) is 0 Å². The van der Waals surface area contributed by atoms with Crippen molar-refractivity contribution < 1.29 is 4.84 Å². The van der Waals surface area contributed by atoms with Crippen LogP contribution in [0.3, 0.4) is 0 Å². The van der Waals surface area contributed by atoms with Crippen LogP contribution >= 0.6 is 0 Å². The molecule has 88 valence electrons. The Morgan fingerprint density at radius 1 is 0.778 bits per heavy atom. The minimum absolute atomic E-state index is 1.01. The lowest BCUT2D eigenvalue weighted by Crippen LogP contribution is -2.16. The summed E-state index contributed by atoms with van der Waals surface area (Å²) in [7, 11) is 0. The molecule has 1 heterocycles. The van der Waals surface area contributed by atoms with E-state index < -0.39 is 0 Å². The summed E-state index contributed by atoms with van der Waals surface area (Å²) < 4.78 is 0. The predicted octanol–water partition coefficient (Wildman–Crippen LogP) is 3.99. The summed E-state index contributed by atoms with van der Waals surface area (Å²) in [6.07, 6.45) is 5.66. The quantitative estimate of drug-likeness (QED) is 0.780. The molecule has 0 unspecified atom stereocenters. The van der Waals surface area contributed by atoms with Crippen molar-refractivity contribution in [3.05, 3.63) is 84.8 Å². The third kappa shape index (κ3) is 2.13. The number of nitrogens with zero attached hydrogens (tertiary/aromatic N) is 1. The van der Waals surface area contributed by atoms with Crippen LogP contribution in [0.15, 0.2) is 79.2 Å². The number of allylic oxidation sites excluding steroid dienone is 2. The normalized spacial score (nSPS) is 14.0. The number of anilines is 1. The fourth-order valence-electron chi connectivity index (χ4n) is 1.88. The SMILES string of the molecule is C1=CC(c2ccccc2)=CN(c2ccccc2)O1. The van der Waals surface area contributed by atoms with E-state index in [1.165, 1.54) is 5.56 Å². The van der Waals surface area contributed by atoms with Crippen molar-refractivity contribution in [3.8, 4) is 0 Å². The zero-order valence-corrected chi connectivity index (χ0v) is 9.86. The number of para-hydroxylation sites is 1. The fraction of sp³-hybridized carbons (Fsp3) is 0. The van der Waals surface area contributed by atoms with Crippen LogP contribution in [0, 0.1) is 0 Å². The molecule has 0 saturated heterocycles. The van der Waals surface area contributed by atoms with E-state index in [0.717, 1.165) is 11.3 Å². The minimum Gasteiger partial charge on any atom is -0.383 e. The van der Waals surface area contributed by atoms with Crippen molar-refractivity contribution in [1.82, 2.24) is 0 Å².